The van der Waals surface area contributed by atoms with Gasteiger partial charge in [-0.15, -0.1) is 11.8 Å². The number of nitrogens with one attached hydrogen (secondary N) is 1. The van der Waals surface area contributed by atoms with Gasteiger partial charge in [-0.2, -0.15) is 0 Å². The maximum absolute atomic E-state index is 12.6. The first-order chi connectivity index (χ1) is 13.0. The van der Waals surface area contributed by atoms with Gasteiger partial charge in [0, 0.05) is 31.0 Å². The Morgan fingerprint density at radius 1 is 1.26 bits per heavy atom. The number of ether oxygens (including phenoxy) is 1. The van der Waals surface area contributed by atoms with Crippen molar-refractivity contribution in [3.63, 3.8) is 0 Å². The molecular weight excluding hydrogens is 366 g/mol. The van der Waals surface area contributed by atoms with Gasteiger partial charge >= 0.3 is 6.09 Å². The number of nitrogens with zero attached hydrogens (tertiary/aromatic N) is 2. The third kappa shape index (κ3) is 5.89. The number of hydrogen-bond donors (Lipinski definition) is 1. The van der Waals surface area contributed by atoms with Crippen LogP contribution in [0.5, 0.6) is 0 Å². The Kier molecular flexibility index (Phi) is 7.97. The van der Waals surface area contributed by atoms with Crippen LogP contribution in [0.1, 0.15) is 19.8 Å². The van der Waals surface area contributed by atoms with E-state index in [4.69, 9.17) is 4.74 Å². The number of anilines is 1. The van der Waals surface area contributed by atoms with E-state index in [1.54, 1.807) is 30.6 Å². The Balaban J connectivity index is 1.83. The van der Waals surface area contributed by atoms with Crippen molar-refractivity contribution < 1.29 is 19.1 Å². The minimum Gasteiger partial charge on any atom is -0.450 e. The molecule has 7 nitrogen and oxygen atoms in total. The van der Waals surface area contributed by atoms with Gasteiger partial charge in [0.2, 0.25) is 11.8 Å². The lowest BCUT2D eigenvalue weighted by Gasteiger charge is -2.32. The van der Waals surface area contributed by atoms with E-state index in [0.717, 1.165) is 10.6 Å². The fourth-order valence-corrected chi connectivity index (χ4v) is 3.62. The second-order valence-corrected chi connectivity index (χ2v) is 7.25. The van der Waals surface area contributed by atoms with E-state index >= 15 is 0 Å². The van der Waals surface area contributed by atoms with E-state index in [1.807, 2.05) is 30.5 Å². The van der Waals surface area contributed by atoms with Crippen molar-refractivity contribution in [2.45, 2.75) is 24.7 Å². The van der Waals surface area contributed by atoms with Gasteiger partial charge in [0.1, 0.15) is 0 Å². The van der Waals surface area contributed by atoms with Gasteiger partial charge in [0.05, 0.1) is 18.8 Å². The van der Waals surface area contributed by atoms with Gasteiger partial charge in [-0.05, 0) is 38.2 Å². The lowest BCUT2D eigenvalue weighted by atomic mass is 9.95. The smallest absolute Gasteiger partial charge is 0.409 e. The number of benzene rings is 1. The zero-order chi connectivity index (χ0) is 19.8. The highest BCUT2D eigenvalue weighted by Gasteiger charge is 2.30. The number of rotatable bonds is 6. The lowest BCUT2D eigenvalue weighted by Crippen LogP contribution is -2.45. The number of likely N-dealkylation sites (tertiary alicyclic amines) is 1. The standard InChI is InChI=1S/C19H27N3O4S/c1-4-26-19(25)22-11-9-14(10-12-22)18(24)21(2)13-17(23)20-15-7-5-6-8-16(15)27-3/h5-8,14H,4,9-13H2,1-3H3,(H,20,23). The van der Waals surface area contributed by atoms with Crippen LogP contribution in [-0.4, -0.2) is 67.3 Å². The van der Waals surface area contributed by atoms with Gasteiger partial charge < -0.3 is 19.9 Å². The number of amides is 3. The summed E-state index contributed by atoms with van der Waals surface area (Å²) < 4.78 is 4.99. The number of carbonyl (C=O) groups is 3. The highest BCUT2D eigenvalue weighted by molar-refractivity contribution is 7.98. The predicted molar refractivity (Wildman–Crippen MR) is 106 cm³/mol. The van der Waals surface area contributed by atoms with Crippen molar-refractivity contribution in [3.8, 4) is 0 Å². The first kappa shape index (κ1) is 21.1. The summed E-state index contributed by atoms with van der Waals surface area (Å²) >= 11 is 1.55. The molecule has 148 valence electrons. The summed E-state index contributed by atoms with van der Waals surface area (Å²) in [4.78, 5) is 40.7. The van der Waals surface area contributed by atoms with Gasteiger partial charge in [-0.3, -0.25) is 9.59 Å². The van der Waals surface area contributed by atoms with Crippen molar-refractivity contribution in [1.82, 2.24) is 9.80 Å². The molecule has 0 bridgehead atoms. The predicted octanol–water partition coefficient (Wildman–Crippen LogP) is 2.67. The molecule has 0 saturated carbocycles. The summed E-state index contributed by atoms with van der Waals surface area (Å²) in [5.41, 5.74) is 0.749. The minimum absolute atomic E-state index is 0.000358. The van der Waals surface area contributed by atoms with Crippen LogP contribution >= 0.6 is 11.8 Å². The first-order valence-corrected chi connectivity index (χ1v) is 10.3. The third-order valence-electron chi connectivity index (χ3n) is 4.51. The third-order valence-corrected chi connectivity index (χ3v) is 5.30. The SMILES string of the molecule is CCOC(=O)N1CCC(C(=O)N(C)CC(=O)Nc2ccccc2SC)CC1. The molecule has 1 N–H and O–H groups in total. The first-order valence-electron chi connectivity index (χ1n) is 9.05. The van der Waals surface area contributed by atoms with E-state index in [-0.39, 0.29) is 30.4 Å². The van der Waals surface area contributed by atoms with Crippen LogP contribution in [0.25, 0.3) is 0 Å². The number of likely N-dealkylation sites (N-methyl/N-ethyl adjacent to an activating group) is 1. The van der Waals surface area contributed by atoms with Gasteiger partial charge in [0.15, 0.2) is 0 Å². The average molecular weight is 394 g/mol. The molecule has 8 heteroatoms. The molecule has 0 aromatic heterocycles. The summed E-state index contributed by atoms with van der Waals surface area (Å²) in [7, 11) is 1.64. The van der Waals surface area contributed by atoms with Crippen LogP contribution in [0.4, 0.5) is 10.5 Å². The molecule has 1 heterocycles. The van der Waals surface area contributed by atoms with E-state index in [0.29, 0.717) is 32.5 Å². The molecule has 0 atom stereocenters. The summed E-state index contributed by atoms with van der Waals surface area (Å²) in [5.74, 6) is -0.463. The fraction of sp³-hybridized carbons (Fsp3) is 0.526. The number of thioether (sulfide) groups is 1. The molecule has 0 unspecified atom stereocenters. The van der Waals surface area contributed by atoms with Crippen LogP contribution < -0.4 is 5.32 Å². The summed E-state index contributed by atoms with van der Waals surface area (Å²) in [6.45, 7) is 3.10. The molecule has 1 aliphatic rings. The Labute approximate surface area is 164 Å². The van der Waals surface area contributed by atoms with Crippen molar-refractivity contribution >= 4 is 35.4 Å². The molecule has 1 aromatic rings. The normalized spacial score (nSPS) is 14.6. The van der Waals surface area contributed by atoms with Gasteiger partial charge in [-0.25, -0.2) is 4.79 Å². The molecule has 3 amide bonds. The van der Waals surface area contributed by atoms with E-state index in [2.05, 4.69) is 5.32 Å². The molecule has 0 radical (unpaired) electrons. The molecule has 27 heavy (non-hydrogen) atoms. The molecule has 1 aromatic carbocycles. The maximum Gasteiger partial charge on any atom is 0.409 e. The number of hydrogen-bond acceptors (Lipinski definition) is 5. The van der Waals surface area contributed by atoms with Crippen molar-refractivity contribution in [2.24, 2.45) is 5.92 Å². The molecular formula is C19H27N3O4S. The van der Waals surface area contributed by atoms with Crippen molar-refractivity contribution in [2.75, 3.05) is 44.9 Å². The molecule has 0 spiro atoms. The molecule has 1 fully saturated rings. The highest BCUT2D eigenvalue weighted by atomic mass is 32.2. The summed E-state index contributed by atoms with van der Waals surface area (Å²) in [5, 5.41) is 2.86. The van der Waals surface area contributed by atoms with Crippen LogP contribution in [0.2, 0.25) is 0 Å². The zero-order valence-electron chi connectivity index (χ0n) is 16.1. The number of para-hydroxylation sites is 1. The summed E-state index contributed by atoms with van der Waals surface area (Å²) in [6, 6.07) is 7.56. The van der Waals surface area contributed by atoms with Gasteiger partial charge in [-0.1, -0.05) is 12.1 Å². The lowest BCUT2D eigenvalue weighted by molar-refractivity contribution is -0.138. The van der Waals surface area contributed by atoms with Gasteiger partial charge in [0.25, 0.3) is 0 Å². The Morgan fingerprint density at radius 3 is 2.56 bits per heavy atom. The largest absolute Gasteiger partial charge is 0.450 e. The number of carbonyl (C=O) groups excluding carboxylic acids is 3. The van der Waals surface area contributed by atoms with E-state index in [9.17, 15) is 14.4 Å². The maximum atomic E-state index is 12.6. The second kappa shape index (κ2) is 10.2. The molecule has 0 aliphatic carbocycles. The number of piperidine rings is 1. The van der Waals surface area contributed by atoms with E-state index < -0.39 is 0 Å². The van der Waals surface area contributed by atoms with Crippen molar-refractivity contribution in [1.29, 1.82) is 0 Å². The van der Waals surface area contributed by atoms with Crippen LogP contribution in [0.3, 0.4) is 0 Å². The Morgan fingerprint density at radius 2 is 1.93 bits per heavy atom. The topological polar surface area (TPSA) is 79.0 Å². The van der Waals surface area contributed by atoms with Crippen molar-refractivity contribution in [3.05, 3.63) is 24.3 Å². The average Bonchev–Trinajstić information content (AvgIpc) is 2.68. The van der Waals surface area contributed by atoms with Crippen LogP contribution in [0.15, 0.2) is 29.2 Å². The zero-order valence-corrected chi connectivity index (χ0v) is 16.9. The van der Waals surface area contributed by atoms with E-state index in [1.165, 1.54) is 4.90 Å². The Hall–Kier alpha value is -2.22. The van der Waals surface area contributed by atoms with Crippen LogP contribution in [-0.2, 0) is 14.3 Å². The quantitative estimate of drug-likeness (QED) is 0.752. The molecule has 2 rings (SSSR count). The molecule has 1 aliphatic heterocycles. The van der Waals surface area contributed by atoms with Crippen LogP contribution in [0, 0.1) is 5.92 Å². The fourth-order valence-electron chi connectivity index (χ4n) is 3.07. The Bertz CT molecular complexity index is 675. The second-order valence-electron chi connectivity index (χ2n) is 6.40. The summed E-state index contributed by atoms with van der Waals surface area (Å²) in [6.07, 6.45) is 2.78. The monoisotopic (exact) mass is 393 g/mol. The highest BCUT2D eigenvalue weighted by Crippen LogP contribution is 2.24. The molecule has 1 saturated heterocycles. The minimum atomic E-state index is -0.330.